The zero-order chi connectivity index (χ0) is 17.4. The van der Waals surface area contributed by atoms with Crippen molar-refractivity contribution in [3.63, 3.8) is 0 Å². The van der Waals surface area contributed by atoms with Gasteiger partial charge in [-0.3, -0.25) is 9.59 Å². The number of hydrogen-bond acceptors (Lipinski definition) is 7. The molecule has 1 N–H and O–H groups in total. The summed E-state index contributed by atoms with van der Waals surface area (Å²) in [5.74, 6) is 1.43. The third-order valence-electron chi connectivity index (χ3n) is 4.78. The van der Waals surface area contributed by atoms with Crippen LogP contribution < -0.4 is 30.5 Å². The minimum Gasteiger partial charge on any atom is -0.486 e. The molecule has 1 saturated heterocycles. The zero-order valence-electron chi connectivity index (χ0n) is 14.2. The normalized spacial score (nSPS) is 20.7. The lowest BCUT2D eigenvalue weighted by Crippen LogP contribution is -2.51. The number of piperazine rings is 1. The number of nitrogens with zero attached hydrogens (tertiary/aromatic N) is 2. The third kappa shape index (κ3) is 2.95. The monoisotopic (exact) mass is 343 g/mol. The molecule has 2 aliphatic heterocycles. The highest BCUT2D eigenvalue weighted by Crippen LogP contribution is 2.31. The van der Waals surface area contributed by atoms with E-state index >= 15 is 0 Å². The van der Waals surface area contributed by atoms with Gasteiger partial charge in [0.1, 0.15) is 24.1 Å². The Hall–Kier alpha value is -2.54. The Balaban J connectivity index is 1.42. The molecule has 0 aliphatic carbocycles. The van der Waals surface area contributed by atoms with Gasteiger partial charge in [-0.05, 0) is 19.2 Å². The molecule has 2 aromatic rings. The van der Waals surface area contributed by atoms with E-state index in [9.17, 15) is 9.59 Å². The van der Waals surface area contributed by atoms with Crippen LogP contribution in [0, 0.1) is 0 Å². The topological polar surface area (TPSA) is 71.1 Å². The minimum absolute atomic E-state index is 0.209. The Labute approximate surface area is 145 Å². The van der Waals surface area contributed by atoms with Crippen LogP contribution in [0.3, 0.4) is 0 Å². The van der Waals surface area contributed by atoms with E-state index in [4.69, 9.17) is 9.47 Å². The van der Waals surface area contributed by atoms with Crippen LogP contribution in [0.4, 0.5) is 11.4 Å². The molecule has 1 atom stereocenters. The van der Waals surface area contributed by atoms with Crippen LogP contribution in [0.1, 0.15) is 0 Å². The summed E-state index contributed by atoms with van der Waals surface area (Å²) in [7, 11) is 2.05. The molecular weight excluding hydrogens is 322 g/mol. The molecule has 7 nitrogen and oxygen atoms in total. The van der Waals surface area contributed by atoms with Crippen molar-refractivity contribution in [2.24, 2.45) is 0 Å². The first-order valence-electron chi connectivity index (χ1n) is 8.52. The lowest BCUT2D eigenvalue weighted by Gasteiger charge is -2.35. The summed E-state index contributed by atoms with van der Waals surface area (Å²) in [6.07, 6.45) is -0.209. The van der Waals surface area contributed by atoms with Crippen LogP contribution in [-0.2, 0) is 0 Å². The van der Waals surface area contributed by atoms with Gasteiger partial charge in [0, 0.05) is 26.2 Å². The second-order valence-corrected chi connectivity index (χ2v) is 6.55. The highest BCUT2D eigenvalue weighted by molar-refractivity contribution is 5.75. The van der Waals surface area contributed by atoms with Crippen LogP contribution in [0.15, 0.2) is 33.9 Å². The Morgan fingerprint density at radius 1 is 1.08 bits per heavy atom. The maximum absolute atomic E-state index is 12.0. The van der Waals surface area contributed by atoms with E-state index in [0.717, 1.165) is 31.9 Å². The first kappa shape index (κ1) is 16.0. The van der Waals surface area contributed by atoms with Crippen LogP contribution in [0.2, 0.25) is 0 Å². The van der Waals surface area contributed by atoms with E-state index in [0.29, 0.717) is 30.3 Å². The summed E-state index contributed by atoms with van der Waals surface area (Å²) in [5.41, 5.74) is 0.108. The molecule has 132 valence electrons. The maximum Gasteiger partial charge on any atom is 0.253 e. The number of ether oxygens (including phenoxy) is 2. The van der Waals surface area contributed by atoms with Crippen molar-refractivity contribution in [2.75, 3.05) is 56.6 Å². The molecule has 0 amide bonds. The van der Waals surface area contributed by atoms with Crippen LogP contribution in [0.25, 0.3) is 0 Å². The quantitative estimate of drug-likeness (QED) is 0.800. The Morgan fingerprint density at radius 3 is 2.56 bits per heavy atom. The first-order chi connectivity index (χ1) is 12.1. The molecule has 0 saturated carbocycles. The average molecular weight is 343 g/mol. The summed E-state index contributed by atoms with van der Waals surface area (Å²) >= 11 is 0. The summed E-state index contributed by atoms with van der Waals surface area (Å²) in [6.45, 7) is 4.10. The van der Waals surface area contributed by atoms with E-state index in [1.807, 2.05) is 29.2 Å². The summed E-state index contributed by atoms with van der Waals surface area (Å²) in [4.78, 5) is 28.2. The van der Waals surface area contributed by atoms with Crippen molar-refractivity contribution in [1.29, 1.82) is 0 Å². The number of benzene rings is 1. The van der Waals surface area contributed by atoms with Crippen LogP contribution in [-0.4, -0.2) is 57.4 Å². The fourth-order valence-electron chi connectivity index (χ4n) is 3.25. The molecule has 0 spiro atoms. The Morgan fingerprint density at radius 2 is 1.80 bits per heavy atom. The van der Waals surface area contributed by atoms with Crippen molar-refractivity contribution in [2.45, 2.75) is 6.10 Å². The predicted octanol–water partition coefficient (Wildman–Crippen LogP) is 0.286. The average Bonchev–Trinajstić information content (AvgIpc) is 2.65. The molecule has 0 bridgehead atoms. The van der Waals surface area contributed by atoms with E-state index in [-0.39, 0.29) is 6.10 Å². The molecule has 4 rings (SSSR count). The highest BCUT2D eigenvalue weighted by Gasteiger charge is 2.29. The minimum atomic E-state index is -0.439. The van der Waals surface area contributed by atoms with Gasteiger partial charge in [0.2, 0.25) is 0 Å². The molecule has 0 aromatic heterocycles. The van der Waals surface area contributed by atoms with Crippen molar-refractivity contribution < 1.29 is 9.47 Å². The van der Waals surface area contributed by atoms with E-state index < -0.39 is 10.9 Å². The van der Waals surface area contributed by atoms with E-state index in [1.54, 1.807) is 0 Å². The zero-order valence-corrected chi connectivity index (χ0v) is 14.2. The van der Waals surface area contributed by atoms with E-state index in [2.05, 4.69) is 17.3 Å². The predicted molar refractivity (Wildman–Crippen MR) is 95.9 cm³/mol. The summed E-state index contributed by atoms with van der Waals surface area (Å²) in [5, 5.41) is 3.11. The Kier molecular flexibility index (Phi) is 4.09. The fourth-order valence-corrected chi connectivity index (χ4v) is 3.25. The van der Waals surface area contributed by atoms with Gasteiger partial charge >= 0.3 is 0 Å². The first-order valence-corrected chi connectivity index (χ1v) is 8.52. The molecule has 2 aliphatic rings. The second-order valence-electron chi connectivity index (χ2n) is 6.55. The number of anilines is 2. The second kappa shape index (κ2) is 6.40. The van der Waals surface area contributed by atoms with Gasteiger partial charge < -0.3 is 24.6 Å². The molecule has 0 radical (unpaired) electrons. The SMILES string of the molecule is CN1CCN(c2c(NCC3COc4ccccc4O3)c(=O)c2=O)CC1. The summed E-state index contributed by atoms with van der Waals surface area (Å²) < 4.78 is 11.6. The van der Waals surface area contributed by atoms with Gasteiger partial charge in [-0.2, -0.15) is 0 Å². The largest absolute Gasteiger partial charge is 0.486 e. The lowest BCUT2D eigenvalue weighted by atomic mass is 10.1. The number of likely N-dealkylation sites (N-methyl/N-ethyl adjacent to an activating group) is 1. The van der Waals surface area contributed by atoms with Crippen molar-refractivity contribution in [3.8, 4) is 11.5 Å². The Bertz CT molecular complexity index is 835. The molecular formula is C18H21N3O4. The molecule has 7 heteroatoms. The lowest BCUT2D eigenvalue weighted by molar-refractivity contribution is 0.0997. The van der Waals surface area contributed by atoms with Gasteiger partial charge in [-0.25, -0.2) is 0 Å². The highest BCUT2D eigenvalue weighted by atomic mass is 16.6. The van der Waals surface area contributed by atoms with Gasteiger partial charge in [-0.1, -0.05) is 12.1 Å². The van der Waals surface area contributed by atoms with Gasteiger partial charge in [-0.15, -0.1) is 0 Å². The smallest absolute Gasteiger partial charge is 0.253 e. The number of fused-ring (bicyclic) bond motifs is 1. The summed E-state index contributed by atoms with van der Waals surface area (Å²) in [6, 6.07) is 7.50. The van der Waals surface area contributed by atoms with E-state index in [1.165, 1.54) is 0 Å². The molecule has 1 unspecified atom stereocenters. The standard InChI is InChI=1S/C18H21N3O4/c1-20-6-8-21(9-7-20)16-15(17(22)18(16)23)19-10-12-11-24-13-4-2-3-5-14(13)25-12/h2-5,12,19H,6-11H2,1H3. The maximum atomic E-state index is 12.0. The van der Waals surface area contributed by atoms with Gasteiger partial charge in [0.15, 0.2) is 11.5 Å². The van der Waals surface area contributed by atoms with Crippen molar-refractivity contribution in [1.82, 2.24) is 4.90 Å². The number of nitrogens with one attached hydrogen (secondary N) is 1. The number of hydrogen-bond donors (Lipinski definition) is 1. The van der Waals surface area contributed by atoms with Crippen LogP contribution >= 0.6 is 0 Å². The number of para-hydroxylation sites is 2. The molecule has 2 heterocycles. The fraction of sp³-hybridized carbons (Fsp3) is 0.444. The molecule has 1 fully saturated rings. The third-order valence-corrected chi connectivity index (χ3v) is 4.78. The van der Waals surface area contributed by atoms with Gasteiger partial charge in [0.25, 0.3) is 10.9 Å². The molecule has 25 heavy (non-hydrogen) atoms. The van der Waals surface area contributed by atoms with Gasteiger partial charge in [0.05, 0.1) is 6.54 Å². The number of rotatable bonds is 4. The van der Waals surface area contributed by atoms with Crippen molar-refractivity contribution in [3.05, 3.63) is 44.7 Å². The van der Waals surface area contributed by atoms with Crippen molar-refractivity contribution >= 4 is 11.4 Å². The van der Waals surface area contributed by atoms with Crippen LogP contribution in [0.5, 0.6) is 11.5 Å². The molecule has 2 aromatic carbocycles.